The fourth-order valence-corrected chi connectivity index (χ4v) is 4.82. The lowest BCUT2D eigenvalue weighted by molar-refractivity contribution is -0.137. The Hall–Kier alpha value is -2.12. The highest BCUT2D eigenvalue weighted by Crippen LogP contribution is 2.32. The van der Waals surface area contributed by atoms with Gasteiger partial charge in [-0.2, -0.15) is 13.2 Å². The average Bonchev–Trinajstić information content (AvgIpc) is 3.09. The summed E-state index contributed by atoms with van der Waals surface area (Å²) in [4.78, 5) is 12.1. The minimum absolute atomic E-state index is 0.0420. The molecule has 0 atom stereocenters. The summed E-state index contributed by atoms with van der Waals surface area (Å²) in [6.07, 6.45) is -1.92. The molecule has 0 bridgehead atoms. The van der Waals surface area contributed by atoms with E-state index >= 15 is 0 Å². The second-order valence-corrected chi connectivity index (χ2v) is 10.2. The van der Waals surface area contributed by atoms with Crippen LogP contribution in [0.5, 0.6) is 0 Å². The zero-order valence-corrected chi connectivity index (χ0v) is 18.3. The molecule has 0 saturated heterocycles. The molecule has 0 unspecified atom stereocenters. The summed E-state index contributed by atoms with van der Waals surface area (Å²) >= 11 is 2.61. The van der Waals surface area contributed by atoms with Crippen LogP contribution in [0.4, 0.5) is 24.0 Å². The number of thioether (sulfide) groups is 1. The average molecular weight is 481 g/mol. The number of nitrogens with zero attached hydrogens (tertiary/aromatic N) is 3. The number of carbonyl (C=O) groups is 1. The van der Waals surface area contributed by atoms with Crippen molar-refractivity contribution in [1.29, 1.82) is 0 Å². The molecule has 0 saturated carbocycles. The predicted molar refractivity (Wildman–Crippen MR) is 112 cm³/mol. The van der Waals surface area contributed by atoms with Crippen LogP contribution in [0.25, 0.3) is 0 Å². The molecule has 7 nitrogen and oxygen atoms in total. The van der Waals surface area contributed by atoms with Crippen LogP contribution in [0.3, 0.4) is 0 Å². The number of halogens is 3. The number of benzene rings is 1. The van der Waals surface area contributed by atoms with Gasteiger partial charge < -0.3 is 5.32 Å². The Bertz CT molecular complexity index is 993. The first-order valence-corrected chi connectivity index (χ1v) is 12.2. The lowest BCUT2D eigenvalue weighted by Crippen LogP contribution is -2.31. The maximum atomic E-state index is 12.9. The van der Waals surface area contributed by atoms with Crippen molar-refractivity contribution >= 4 is 49.8 Å². The monoisotopic (exact) mass is 480 g/mol. The summed E-state index contributed by atoms with van der Waals surface area (Å²) in [6, 6.07) is 4.05. The maximum Gasteiger partial charge on any atom is 0.416 e. The van der Waals surface area contributed by atoms with E-state index in [1.807, 2.05) is 0 Å². The van der Waals surface area contributed by atoms with E-state index in [2.05, 4.69) is 22.1 Å². The van der Waals surface area contributed by atoms with E-state index in [1.165, 1.54) is 29.2 Å². The second-order valence-electron chi connectivity index (χ2n) is 6.01. The first kappa shape index (κ1) is 24.2. The van der Waals surface area contributed by atoms with Crippen LogP contribution in [0.1, 0.15) is 18.4 Å². The largest absolute Gasteiger partial charge is 0.416 e. The zero-order valence-electron chi connectivity index (χ0n) is 15.8. The molecule has 0 aliphatic heterocycles. The van der Waals surface area contributed by atoms with Crippen LogP contribution in [0.2, 0.25) is 0 Å². The van der Waals surface area contributed by atoms with Gasteiger partial charge in [-0.1, -0.05) is 35.2 Å². The van der Waals surface area contributed by atoms with Gasteiger partial charge in [0.05, 0.1) is 17.5 Å². The van der Waals surface area contributed by atoms with Crippen LogP contribution in [0, 0.1) is 0 Å². The van der Waals surface area contributed by atoms with E-state index in [0.29, 0.717) is 15.2 Å². The van der Waals surface area contributed by atoms with E-state index in [-0.39, 0.29) is 25.1 Å². The number of alkyl halides is 3. The molecule has 1 N–H and O–H groups in total. The molecule has 2 aromatic rings. The molecular weight excluding hydrogens is 461 g/mol. The minimum atomic E-state index is -4.59. The topological polar surface area (TPSA) is 92.3 Å². The molecule has 13 heteroatoms. The van der Waals surface area contributed by atoms with Crippen molar-refractivity contribution in [3.05, 3.63) is 42.5 Å². The molecule has 1 heterocycles. The molecule has 164 valence electrons. The van der Waals surface area contributed by atoms with Crippen LogP contribution in [-0.2, 0) is 21.0 Å². The van der Waals surface area contributed by atoms with Crippen molar-refractivity contribution in [3.63, 3.8) is 0 Å². The van der Waals surface area contributed by atoms with Crippen LogP contribution in [0.15, 0.2) is 41.3 Å². The third-order valence-corrected chi connectivity index (χ3v) is 6.77. The van der Waals surface area contributed by atoms with Crippen molar-refractivity contribution in [3.8, 4) is 0 Å². The summed E-state index contributed by atoms with van der Waals surface area (Å²) in [5.74, 6) is 0.253. The third-order valence-electron chi connectivity index (χ3n) is 3.60. The molecule has 0 radical (unpaired) electrons. The Morgan fingerprint density at radius 3 is 2.73 bits per heavy atom. The fraction of sp³-hybridized carbons (Fsp3) is 0.353. The standard InChI is InChI=1S/C17H19F3N4O3S3/c1-3-10-28-16-23-22-15(29-16)21-14(25)8-5-9-24(30(2,26)27)13-7-4-6-12(11-13)17(18,19)20/h3-4,6-7,11H,1,5,8-10H2,2H3,(H,21,22,25). The Morgan fingerprint density at radius 2 is 2.10 bits per heavy atom. The SMILES string of the molecule is C=CCSc1nnc(NC(=O)CCCN(c2cccc(C(F)(F)F)c2)S(C)(=O)=O)s1. The minimum Gasteiger partial charge on any atom is -0.301 e. The number of hydrogen-bond donors (Lipinski definition) is 1. The molecule has 1 aromatic carbocycles. The van der Waals surface area contributed by atoms with Gasteiger partial charge in [-0.15, -0.1) is 16.8 Å². The number of carbonyl (C=O) groups excluding carboxylic acids is 1. The van der Waals surface area contributed by atoms with Crippen molar-refractivity contribution < 1.29 is 26.4 Å². The quantitative estimate of drug-likeness (QED) is 0.314. The van der Waals surface area contributed by atoms with Gasteiger partial charge in [-0.3, -0.25) is 9.10 Å². The lowest BCUT2D eigenvalue weighted by atomic mass is 10.2. The molecule has 1 aromatic heterocycles. The summed E-state index contributed by atoms with van der Waals surface area (Å²) in [6.45, 7) is 3.45. The van der Waals surface area contributed by atoms with E-state index in [0.717, 1.165) is 28.8 Å². The molecule has 0 fully saturated rings. The first-order valence-electron chi connectivity index (χ1n) is 8.52. The summed E-state index contributed by atoms with van der Waals surface area (Å²) < 4.78 is 64.4. The van der Waals surface area contributed by atoms with Gasteiger partial charge in [-0.25, -0.2) is 8.42 Å². The van der Waals surface area contributed by atoms with Crippen molar-refractivity contribution in [2.24, 2.45) is 0 Å². The number of anilines is 2. The molecule has 0 aliphatic carbocycles. The molecule has 0 spiro atoms. The smallest absolute Gasteiger partial charge is 0.301 e. The molecule has 0 aliphatic rings. The van der Waals surface area contributed by atoms with E-state index in [1.54, 1.807) is 6.08 Å². The van der Waals surface area contributed by atoms with Gasteiger partial charge in [0, 0.05) is 18.7 Å². The molecule has 30 heavy (non-hydrogen) atoms. The van der Waals surface area contributed by atoms with E-state index < -0.39 is 27.7 Å². The predicted octanol–water partition coefficient (Wildman–Crippen LogP) is 4.02. The van der Waals surface area contributed by atoms with Gasteiger partial charge in [0.15, 0.2) is 4.34 Å². The van der Waals surface area contributed by atoms with Crippen molar-refractivity contribution in [1.82, 2.24) is 10.2 Å². The Labute approximate surface area is 180 Å². The highest BCUT2D eigenvalue weighted by molar-refractivity contribution is 8.01. The van der Waals surface area contributed by atoms with Crippen LogP contribution < -0.4 is 9.62 Å². The van der Waals surface area contributed by atoms with E-state index in [4.69, 9.17) is 0 Å². The van der Waals surface area contributed by atoms with Gasteiger partial charge in [-0.05, 0) is 24.6 Å². The Balaban J connectivity index is 1.98. The zero-order chi connectivity index (χ0) is 22.4. The highest BCUT2D eigenvalue weighted by atomic mass is 32.2. The number of rotatable bonds is 10. The number of amides is 1. The lowest BCUT2D eigenvalue weighted by Gasteiger charge is -2.23. The number of aromatic nitrogens is 2. The molecular formula is C17H19F3N4O3S3. The van der Waals surface area contributed by atoms with Crippen molar-refractivity contribution in [2.75, 3.05) is 28.2 Å². The summed E-state index contributed by atoms with van der Waals surface area (Å²) in [5, 5.41) is 10.6. The number of hydrogen-bond acceptors (Lipinski definition) is 7. The normalized spacial score (nSPS) is 11.9. The summed E-state index contributed by atoms with van der Waals surface area (Å²) in [5.41, 5.74) is -1.06. The number of nitrogens with one attached hydrogen (secondary N) is 1. The van der Waals surface area contributed by atoms with Gasteiger partial charge in [0.2, 0.25) is 21.1 Å². The molecule has 2 rings (SSSR count). The Morgan fingerprint density at radius 1 is 1.37 bits per heavy atom. The first-order chi connectivity index (χ1) is 14.0. The number of sulfonamides is 1. The summed E-state index contributed by atoms with van der Waals surface area (Å²) in [7, 11) is -3.84. The van der Waals surface area contributed by atoms with Crippen molar-refractivity contribution in [2.45, 2.75) is 23.4 Å². The third kappa shape index (κ3) is 7.29. The maximum absolute atomic E-state index is 12.9. The highest BCUT2D eigenvalue weighted by Gasteiger charge is 2.31. The van der Waals surface area contributed by atoms with E-state index in [9.17, 15) is 26.4 Å². The van der Waals surface area contributed by atoms with Crippen LogP contribution in [-0.4, -0.2) is 43.1 Å². The van der Waals surface area contributed by atoms with Gasteiger partial charge >= 0.3 is 6.18 Å². The van der Waals surface area contributed by atoms with Crippen LogP contribution >= 0.6 is 23.1 Å². The second kappa shape index (κ2) is 10.3. The molecule has 1 amide bonds. The van der Waals surface area contributed by atoms with Gasteiger partial charge in [0.25, 0.3) is 0 Å². The Kier molecular flexibility index (Phi) is 8.26. The van der Waals surface area contributed by atoms with Gasteiger partial charge in [0.1, 0.15) is 0 Å². The fourth-order valence-electron chi connectivity index (χ4n) is 2.34.